The molecule has 1 amide bonds. The van der Waals surface area contributed by atoms with Crippen LogP contribution >= 0.6 is 0 Å². The lowest BCUT2D eigenvalue weighted by molar-refractivity contribution is -0.116. The average molecular weight is 311 g/mol. The molecule has 0 aromatic rings. The first kappa shape index (κ1) is 18.1. The fourth-order valence-electron chi connectivity index (χ4n) is 1.79. The smallest absolute Gasteiger partial charge is 0.266 e. The number of aliphatic imine (C=N–C) groups is 1. The van der Waals surface area contributed by atoms with Crippen LogP contribution < -0.4 is 10.6 Å². The van der Waals surface area contributed by atoms with Crippen molar-refractivity contribution in [3.8, 4) is 6.07 Å². The second kappa shape index (κ2) is 7.90. The number of dihydropyridines is 1. The molecule has 0 aromatic heterocycles. The molecule has 1 rings (SSSR count). The first-order valence-corrected chi connectivity index (χ1v) is 7.15. The van der Waals surface area contributed by atoms with Gasteiger partial charge >= 0.3 is 0 Å². The van der Waals surface area contributed by atoms with Gasteiger partial charge in [0.1, 0.15) is 11.6 Å². The molecule has 6 nitrogen and oxygen atoms in total. The molecule has 6 heteroatoms. The van der Waals surface area contributed by atoms with Crippen molar-refractivity contribution in [2.45, 2.75) is 20.8 Å². The molecule has 120 valence electrons. The zero-order valence-electron chi connectivity index (χ0n) is 13.8. The Morgan fingerprint density at radius 2 is 2.17 bits per heavy atom. The van der Waals surface area contributed by atoms with E-state index in [1.165, 1.54) is 6.21 Å². The molecule has 0 unspecified atom stereocenters. The Balaban J connectivity index is 2.99. The predicted octanol–water partition coefficient (Wildman–Crippen LogP) is 2.20. The monoisotopic (exact) mass is 311 g/mol. The third-order valence-electron chi connectivity index (χ3n) is 3.43. The molecule has 0 aliphatic carbocycles. The third kappa shape index (κ3) is 4.51. The number of carbonyl (C=O) groups excluding carboxylic acids is 1. The standard InChI is InChI=1S/C17H21N5O/c1-10(2)11(3)15(7-18)17(23)22-12(4)13-6-14(8-20-5)16(19)21-9-13/h6,8-10,19-20H,4H2,1-3,5H3,(H,22,23)/b14-8-,15-11+,19-16?. The second-order valence-corrected chi connectivity index (χ2v) is 5.35. The van der Waals surface area contributed by atoms with E-state index >= 15 is 0 Å². The number of nitrogens with one attached hydrogen (secondary N) is 3. The van der Waals surface area contributed by atoms with E-state index in [0.717, 1.165) is 5.57 Å². The van der Waals surface area contributed by atoms with E-state index in [0.29, 0.717) is 16.8 Å². The van der Waals surface area contributed by atoms with Gasteiger partial charge in [-0.2, -0.15) is 5.26 Å². The van der Waals surface area contributed by atoms with Crippen molar-refractivity contribution in [2.24, 2.45) is 10.9 Å². The highest BCUT2D eigenvalue weighted by Crippen LogP contribution is 2.17. The van der Waals surface area contributed by atoms with Crippen molar-refractivity contribution in [1.29, 1.82) is 10.7 Å². The number of allylic oxidation sites excluding steroid dienone is 2. The third-order valence-corrected chi connectivity index (χ3v) is 3.43. The van der Waals surface area contributed by atoms with Crippen LogP contribution in [0, 0.1) is 22.7 Å². The van der Waals surface area contributed by atoms with E-state index in [1.54, 1.807) is 26.2 Å². The van der Waals surface area contributed by atoms with Gasteiger partial charge in [-0.25, -0.2) is 4.99 Å². The Morgan fingerprint density at radius 3 is 2.70 bits per heavy atom. The van der Waals surface area contributed by atoms with E-state index in [4.69, 9.17) is 5.41 Å². The Hall–Kier alpha value is -2.94. The average Bonchev–Trinajstić information content (AvgIpc) is 2.50. The second-order valence-electron chi connectivity index (χ2n) is 5.35. The van der Waals surface area contributed by atoms with Crippen LogP contribution in [0.15, 0.2) is 51.8 Å². The van der Waals surface area contributed by atoms with Gasteiger partial charge in [0, 0.05) is 36.3 Å². The van der Waals surface area contributed by atoms with E-state index in [-0.39, 0.29) is 17.3 Å². The Labute approximate surface area is 136 Å². The summed E-state index contributed by atoms with van der Waals surface area (Å²) in [5, 5.41) is 22.4. The number of nitriles is 1. The Bertz CT molecular complexity index is 699. The lowest BCUT2D eigenvalue weighted by atomic mass is 9.99. The first-order chi connectivity index (χ1) is 10.8. The lowest BCUT2D eigenvalue weighted by Gasteiger charge is -2.14. The molecule has 23 heavy (non-hydrogen) atoms. The summed E-state index contributed by atoms with van der Waals surface area (Å²) >= 11 is 0. The van der Waals surface area contributed by atoms with Crippen molar-refractivity contribution in [3.05, 3.63) is 46.8 Å². The van der Waals surface area contributed by atoms with Crippen molar-refractivity contribution in [3.63, 3.8) is 0 Å². The molecule has 0 spiro atoms. The van der Waals surface area contributed by atoms with Gasteiger partial charge in [0.15, 0.2) is 5.84 Å². The Kier molecular flexibility index (Phi) is 6.22. The van der Waals surface area contributed by atoms with Crippen LogP contribution in [-0.4, -0.2) is 25.0 Å². The molecule has 0 radical (unpaired) electrons. The highest BCUT2D eigenvalue weighted by molar-refractivity contribution is 6.10. The van der Waals surface area contributed by atoms with Gasteiger partial charge in [-0.3, -0.25) is 10.2 Å². The predicted molar refractivity (Wildman–Crippen MR) is 91.9 cm³/mol. The van der Waals surface area contributed by atoms with E-state index in [2.05, 4.69) is 22.2 Å². The molecule has 0 aromatic carbocycles. The van der Waals surface area contributed by atoms with Crippen LogP contribution in [0.1, 0.15) is 20.8 Å². The molecule has 0 saturated carbocycles. The maximum Gasteiger partial charge on any atom is 0.266 e. The van der Waals surface area contributed by atoms with Gasteiger partial charge in [0.25, 0.3) is 5.91 Å². The van der Waals surface area contributed by atoms with Gasteiger partial charge in [-0.1, -0.05) is 20.4 Å². The number of nitrogens with zero attached hydrogens (tertiary/aromatic N) is 2. The van der Waals surface area contributed by atoms with Crippen LogP contribution in [0.2, 0.25) is 0 Å². The van der Waals surface area contributed by atoms with Crippen LogP contribution in [0.5, 0.6) is 0 Å². The molecule has 1 aliphatic rings. The Morgan fingerprint density at radius 1 is 1.52 bits per heavy atom. The van der Waals surface area contributed by atoms with Crippen LogP contribution in [0.4, 0.5) is 0 Å². The molecular weight excluding hydrogens is 290 g/mol. The summed E-state index contributed by atoms with van der Waals surface area (Å²) in [7, 11) is 1.72. The molecule has 3 N–H and O–H groups in total. The maximum absolute atomic E-state index is 12.3. The van der Waals surface area contributed by atoms with Crippen molar-refractivity contribution in [1.82, 2.24) is 10.6 Å². The molecule has 0 fully saturated rings. The molecule has 1 heterocycles. The van der Waals surface area contributed by atoms with Crippen LogP contribution in [0.25, 0.3) is 0 Å². The van der Waals surface area contributed by atoms with Crippen LogP contribution in [-0.2, 0) is 4.79 Å². The van der Waals surface area contributed by atoms with Gasteiger partial charge in [0.2, 0.25) is 0 Å². The summed E-state index contributed by atoms with van der Waals surface area (Å²) in [5.41, 5.74) is 2.30. The minimum Gasteiger partial charge on any atom is -0.393 e. The normalized spacial score (nSPS) is 16.6. The molecule has 0 saturated heterocycles. The highest BCUT2D eigenvalue weighted by Gasteiger charge is 2.17. The van der Waals surface area contributed by atoms with Gasteiger partial charge in [0.05, 0.1) is 0 Å². The summed E-state index contributed by atoms with van der Waals surface area (Å²) in [4.78, 5) is 16.2. The summed E-state index contributed by atoms with van der Waals surface area (Å²) in [6.45, 7) is 9.43. The van der Waals surface area contributed by atoms with Gasteiger partial charge in [-0.15, -0.1) is 0 Å². The van der Waals surface area contributed by atoms with E-state index < -0.39 is 5.91 Å². The zero-order valence-corrected chi connectivity index (χ0v) is 13.8. The summed E-state index contributed by atoms with van der Waals surface area (Å²) in [6.07, 6.45) is 4.79. The molecule has 0 bridgehead atoms. The fraction of sp³-hybridized carbons (Fsp3) is 0.294. The van der Waals surface area contributed by atoms with Gasteiger partial charge < -0.3 is 10.6 Å². The number of carbonyl (C=O) groups is 1. The number of hydrogen-bond acceptors (Lipinski definition) is 4. The molecular formula is C17H21N5O. The summed E-state index contributed by atoms with van der Waals surface area (Å²) < 4.78 is 0. The zero-order chi connectivity index (χ0) is 17.6. The topological polar surface area (TPSA) is 101 Å². The highest BCUT2D eigenvalue weighted by atomic mass is 16.1. The maximum atomic E-state index is 12.3. The van der Waals surface area contributed by atoms with Crippen molar-refractivity contribution in [2.75, 3.05) is 7.05 Å². The summed E-state index contributed by atoms with van der Waals surface area (Å²) in [5.74, 6) is -0.266. The van der Waals surface area contributed by atoms with E-state index in [1.807, 2.05) is 19.9 Å². The molecule has 1 aliphatic heterocycles. The number of amides is 1. The van der Waals surface area contributed by atoms with E-state index in [9.17, 15) is 10.1 Å². The largest absolute Gasteiger partial charge is 0.393 e. The molecule has 0 atom stereocenters. The van der Waals surface area contributed by atoms with Crippen LogP contribution in [0.3, 0.4) is 0 Å². The fourth-order valence-corrected chi connectivity index (χ4v) is 1.79. The minimum atomic E-state index is -0.488. The number of amidine groups is 1. The SMILES string of the molecule is C=C(NC(=O)/C(C#N)=C(\C)C(C)C)C1=C/C(=C/NC)C(=N)N=C1. The number of hydrogen-bond donors (Lipinski definition) is 3. The number of rotatable bonds is 5. The van der Waals surface area contributed by atoms with Crippen molar-refractivity contribution >= 4 is 18.0 Å². The first-order valence-electron chi connectivity index (χ1n) is 7.15. The lowest BCUT2D eigenvalue weighted by Crippen LogP contribution is -2.26. The van der Waals surface area contributed by atoms with Gasteiger partial charge in [-0.05, 0) is 24.5 Å². The summed E-state index contributed by atoms with van der Waals surface area (Å²) in [6, 6.07) is 1.95. The van der Waals surface area contributed by atoms with Crippen molar-refractivity contribution < 1.29 is 4.79 Å². The quantitative estimate of drug-likeness (QED) is 0.536. The minimum absolute atomic E-state index is 0.0910.